The van der Waals surface area contributed by atoms with Crippen molar-refractivity contribution in [3.05, 3.63) is 69.5 Å². The number of aryl methyl sites for hydroxylation is 1. The van der Waals surface area contributed by atoms with E-state index in [4.69, 9.17) is 13.6 Å². The van der Waals surface area contributed by atoms with Gasteiger partial charge in [-0.2, -0.15) is 0 Å². The number of thiophene rings is 1. The number of phenols is 1. The van der Waals surface area contributed by atoms with Gasteiger partial charge in [0.2, 0.25) is 0 Å². The molecule has 1 aromatic carbocycles. The monoisotopic (exact) mass is 516 g/mol. The third-order valence-electron chi connectivity index (χ3n) is 6.92. The Morgan fingerprint density at radius 3 is 2.86 bits per heavy atom. The summed E-state index contributed by atoms with van der Waals surface area (Å²) in [4.78, 5) is 1.00. The van der Waals surface area contributed by atoms with E-state index < -0.39 is 7.82 Å². The second-order valence-electron chi connectivity index (χ2n) is 9.78. The zero-order valence-electron chi connectivity index (χ0n) is 21.0. The molecule has 5 nitrogen and oxygen atoms in total. The Hall–Kier alpha value is -1.85. The van der Waals surface area contributed by atoms with Gasteiger partial charge in [-0.25, -0.2) is 4.57 Å². The number of phenolic OH excluding ortho intramolecular Hbond substituents is 1. The lowest BCUT2D eigenvalue weighted by Crippen LogP contribution is -2.19. The molecule has 1 aliphatic heterocycles. The van der Waals surface area contributed by atoms with Crippen LogP contribution in [-0.2, 0) is 20.0 Å². The largest absolute Gasteiger partial charge is 0.530 e. The minimum atomic E-state index is -3.89. The maximum atomic E-state index is 13.7. The summed E-state index contributed by atoms with van der Waals surface area (Å²) < 4.78 is 31.4. The molecule has 1 N–H and O–H groups in total. The number of allylic oxidation sites excluding steroid dienone is 3. The number of unbranched alkanes of at least 4 members (excludes halogenated alkanes) is 2. The van der Waals surface area contributed by atoms with E-state index in [0.29, 0.717) is 17.7 Å². The standard InChI is InChI=1S/C28H37O5PS/c1-5-6-7-9-21-17-24(29)28(23-16-20(4)11-12-22(23)19(2)3)26(18-21)33-34(30)31-14-13-25(32-34)27-10-8-15-35-27/h8,10,15-18,22-23,25,29H,2,5-7,9,11-14H2,1,3-4H3. The highest BCUT2D eigenvalue weighted by Crippen LogP contribution is 2.59. The summed E-state index contributed by atoms with van der Waals surface area (Å²) in [5.41, 5.74) is 3.92. The fourth-order valence-electron chi connectivity index (χ4n) is 5.06. The molecule has 1 saturated heterocycles. The van der Waals surface area contributed by atoms with Gasteiger partial charge in [-0.1, -0.05) is 49.6 Å². The summed E-state index contributed by atoms with van der Waals surface area (Å²) in [6.45, 7) is 10.8. The lowest BCUT2D eigenvalue weighted by molar-refractivity contribution is 0.0524. The number of phosphoric ester groups is 1. The first-order chi connectivity index (χ1) is 16.8. The van der Waals surface area contributed by atoms with Gasteiger partial charge in [-0.15, -0.1) is 11.3 Å². The number of rotatable bonds is 9. The van der Waals surface area contributed by atoms with E-state index in [2.05, 4.69) is 26.5 Å². The molecular weight excluding hydrogens is 479 g/mol. The van der Waals surface area contributed by atoms with Gasteiger partial charge in [0.1, 0.15) is 17.6 Å². The van der Waals surface area contributed by atoms with Crippen molar-refractivity contribution in [3.63, 3.8) is 0 Å². The van der Waals surface area contributed by atoms with E-state index in [0.717, 1.165) is 54.5 Å². The van der Waals surface area contributed by atoms with Crippen LogP contribution in [0.5, 0.6) is 11.5 Å². The second-order valence-corrected chi connectivity index (χ2v) is 12.3. The molecule has 4 atom stereocenters. The third kappa shape index (κ3) is 6.29. The van der Waals surface area contributed by atoms with Gasteiger partial charge < -0.3 is 9.63 Å². The van der Waals surface area contributed by atoms with Crippen LogP contribution in [0.2, 0.25) is 0 Å². The molecule has 0 amide bonds. The predicted octanol–water partition coefficient (Wildman–Crippen LogP) is 8.87. The SMILES string of the molecule is C=C(C)C1CCC(C)=CC1c1c(O)cc(CCCCC)cc1OP1(=O)OCCC(c2cccs2)O1. The number of hydrogen-bond donors (Lipinski definition) is 1. The Kier molecular flexibility index (Phi) is 8.59. The first-order valence-electron chi connectivity index (χ1n) is 12.6. The van der Waals surface area contributed by atoms with E-state index in [1.165, 1.54) is 5.57 Å². The molecule has 1 aliphatic carbocycles. The molecule has 0 bridgehead atoms. The molecule has 0 spiro atoms. The highest BCUT2D eigenvalue weighted by atomic mass is 32.1. The van der Waals surface area contributed by atoms with Gasteiger partial charge in [0, 0.05) is 22.8 Å². The molecule has 1 fully saturated rings. The summed E-state index contributed by atoms with van der Waals surface area (Å²) in [6, 6.07) is 7.68. The average Bonchev–Trinajstić information content (AvgIpc) is 3.34. The van der Waals surface area contributed by atoms with Crippen LogP contribution in [-0.4, -0.2) is 11.7 Å². The summed E-state index contributed by atoms with van der Waals surface area (Å²) in [6.07, 6.45) is 8.45. The summed E-state index contributed by atoms with van der Waals surface area (Å²) in [7, 11) is -3.89. The maximum Gasteiger partial charge on any atom is 0.530 e. The Morgan fingerprint density at radius 2 is 2.14 bits per heavy atom. The van der Waals surface area contributed by atoms with E-state index in [1.807, 2.05) is 36.6 Å². The quantitative estimate of drug-likeness (QED) is 0.205. The van der Waals surface area contributed by atoms with Crippen LogP contribution in [0.1, 0.15) is 87.3 Å². The molecule has 2 heterocycles. The molecule has 4 unspecified atom stereocenters. The molecular formula is C28H37O5PS. The molecule has 0 saturated carbocycles. The topological polar surface area (TPSA) is 65.0 Å². The maximum absolute atomic E-state index is 13.7. The van der Waals surface area contributed by atoms with Gasteiger partial charge >= 0.3 is 7.82 Å². The van der Waals surface area contributed by atoms with Crippen molar-refractivity contribution in [1.29, 1.82) is 0 Å². The Labute approximate surface area is 213 Å². The molecule has 7 heteroatoms. The third-order valence-corrected chi connectivity index (χ3v) is 9.32. The first-order valence-corrected chi connectivity index (χ1v) is 15.0. The van der Waals surface area contributed by atoms with Crippen LogP contribution >= 0.6 is 19.2 Å². The number of benzene rings is 1. The minimum absolute atomic E-state index is 0.120. The van der Waals surface area contributed by atoms with E-state index in [9.17, 15) is 9.67 Å². The number of aromatic hydroxyl groups is 1. The molecule has 2 aliphatic rings. The number of hydrogen-bond acceptors (Lipinski definition) is 6. The highest BCUT2D eigenvalue weighted by molar-refractivity contribution is 7.49. The molecule has 1 aromatic heterocycles. The van der Waals surface area contributed by atoms with Crippen LogP contribution < -0.4 is 4.52 Å². The van der Waals surface area contributed by atoms with Crippen LogP contribution in [0.15, 0.2) is 53.4 Å². The van der Waals surface area contributed by atoms with Gasteiger partial charge in [0.25, 0.3) is 0 Å². The predicted molar refractivity (Wildman–Crippen MR) is 142 cm³/mol. The Morgan fingerprint density at radius 1 is 1.31 bits per heavy atom. The zero-order chi connectivity index (χ0) is 25.0. The van der Waals surface area contributed by atoms with Gasteiger partial charge in [0.15, 0.2) is 0 Å². The fourth-order valence-corrected chi connectivity index (χ4v) is 7.32. The van der Waals surface area contributed by atoms with Gasteiger partial charge in [0.05, 0.1) is 6.61 Å². The minimum Gasteiger partial charge on any atom is -0.507 e. The van der Waals surface area contributed by atoms with Gasteiger partial charge in [-0.05, 0) is 74.6 Å². The van der Waals surface area contributed by atoms with Crippen molar-refractivity contribution in [2.75, 3.05) is 6.61 Å². The highest BCUT2D eigenvalue weighted by Gasteiger charge is 2.40. The fraction of sp³-hybridized carbons (Fsp3) is 0.500. The van der Waals surface area contributed by atoms with Crippen LogP contribution in [0, 0.1) is 5.92 Å². The van der Waals surface area contributed by atoms with E-state index in [1.54, 1.807) is 11.3 Å². The van der Waals surface area contributed by atoms with Crippen molar-refractivity contribution in [3.8, 4) is 11.5 Å². The summed E-state index contributed by atoms with van der Waals surface area (Å²) in [5.74, 6) is 0.583. The molecule has 0 radical (unpaired) electrons. The van der Waals surface area contributed by atoms with Crippen molar-refractivity contribution in [1.82, 2.24) is 0 Å². The zero-order valence-corrected chi connectivity index (χ0v) is 22.7. The summed E-state index contributed by atoms with van der Waals surface area (Å²) in [5, 5.41) is 13.3. The smallest absolute Gasteiger partial charge is 0.507 e. The molecule has 190 valence electrons. The summed E-state index contributed by atoms with van der Waals surface area (Å²) >= 11 is 1.57. The average molecular weight is 517 g/mol. The normalized spacial score (nSPS) is 26.8. The van der Waals surface area contributed by atoms with E-state index in [-0.39, 0.29) is 30.3 Å². The molecule has 35 heavy (non-hydrogen) atoms. The van der Waals surface area contributed by atoms with Crippen LogP contribution in [0.25, 0.3) is 0 Å². The lowest BCUT2D eigenvalue weighted by Gasteiger charge is -2.33. The molecule has 2 aromatic rings. The van der Waals surface area contributed by atoms with Crippen molar-refractivity contribution < 1.29 is 23.2 Å². The first kappa shape index (κ1) is 26.2. The van der Waals surface area contributed by atoms with Crippen LogP contribution in [0.4, 0.5) is 0 Å². The Balaban J connectivity index is 1.72. The van der Waals surface area contributed by atoms with Crippen molar-refractivity contribution in [2.45, 2.75) is 77.7 Å². The Bertz CT molecular complexity index is 1110. The van der Waals surface area contributed by atoms with E-state index >= 15 is 0 Å². The number of phosphoric acid groups is 1. The lowest BCUT2D eigenvalue weighted by atomic mass is 9.73. The van der Waals surface area contributed by atoms with Crippen LogP contribution in [0.3, 0.4) is 0 Å². The second kappa shape index (κ2) is 11.5. The molecule has 4 rings (SSSR count). The van der Waals surface area contributed by atoms with Gasteiger partial charge in [-0.3, -0.25) is 9.05 Å². The van der Waals surface area contributed by atoms with Crippen molar-refractivity contribution >= 4 is 19.2 Å². The van der Waals surface area contributed by atoms with Crippen molar-refractivity contribution in [2.24, 2.45) is 5.92 Å².